The molecule has 0 spiro atoms. The van der Waals surface area contributed by atoms with Gasteiger partial charge in [0.25, 0.3) is 0 Å². The van der Waals surface area contributed by atoms with E-state index in [0.717, 1.165) is 24.6 Å². The largest absolute Gasteiger partial charge is 0.399 e. The number of nitrogens with one attached hydrogen (secondary N) is 1. The predicted molar refractivity (Wildman–Crippen MR) is 90.9 cm³/mol. The summed E-state index contributed by atoms with van der Waals surface area (Å²) in [4.78, 5) is 0. The third-order valence-electron chi connectivity index (χ3n) is 3.43. The van der Waals surface area contributed by atoms with Crippen LogP contribution in [0.25, 0.3) is 0 Å². The van der Waals surface area contributed by atoms with E-state index >= 15 is 0 Å². The smallest absolute Gasteiger partial charge is 0.0655 e. The second kappa shape index (κ2) is 10.5. The van der Waals surface area contributed by atoms with Crippen molar-refractivity contribution in [3.05, 3.63) is 36.2 Å². The van der Waals surface area contributed by atoms with Crippen LogP contribution in [0.3, 0.4) is 0 Å². The standard InChI is InChI=1S/C16H28N3P/c1-12(15(4)18)6-5-8-19-14(3)10-16(7-9-20)13(2)11-17/h5-6,8,13-14,16,19H,4,7,9-10,18,20H2,1-3H3/b8-5-,12-6+. The predicted octanol–water partition coefficient (Wildman–Crippen LogP) is 3.33. The van der Waals surface area contributed by atoms with Gasteiger partial charge in [-0.05, 0) is 63.5 Å². The van der Waals surface area contributed by atoms with E-state index in [0.29, 0.717) is 17.7 Å². The Hall–Kier alpha value is -1.26. The molecule has 0 saturated heterocycles. The fourth-order valence-electron chi connectivity index (χ4n) is 1.93. The Labute approximate surface area is 126 Å². The van der Waals surface area contributed by atoms with Gasteiger partial charge in [0, 0.05) is 17.7 Å². The van der Waals surface area contributed by atoms with Crippen molar-refractivity contribution in [2.24, 2.45) is 17.6 Å². The Morgan fingerprint density at radius 2 is 2.15 bits per heavy atom. The van der Waals surface area contributed by atoms with E-state index in [9.17, 15) is 0 Å². The summed E-state index contributed by atoms with van der Waals surface area (Å²) in [5, 5.41) is 12.4. The molecule has 0 rings (SSSR count). The maximum absolute atomic E-state index is 9.05. The average Bonchev–Trinajstić information content (AvgIpc) is 2.41. The summed E-state index contributed by atoms with van der Waals surface area (Å²) in [7, 11) is 2.74. The minimum Gasteiger partial charge on any atom is -0.399 e. The van der Waals surface area contributed by atoms with Gasteiger partial charge in [-0.25, -0.2) is 0 Å². The molecule has 3 N–H and O–H groups in total. The molecular weight excluding hydrogens is 265 g/mol. The van der Waals surface area contributed by atoms with Gasteiger partial charge < -0.3 is 11.1 Å². The first kappa shape index (κ1) is 18.7. The molecule has 0 amide bonds. The Bertz CT molecular complexity index is 393. The molecule has 0 aliphatic heterocycles. The topological polar surface area (TPSA) is 61.8 Å². The first-order chi connectivity index (χ1) is 9.42. The summed E-state index contributed by atoms with van der Waals surface area (Å²) in [5.74, 6) is 0.543. The van der Waals surface area contributed by atoms with Crippen molar-refractivity contribution >= 4 is 9.24 Å². The summed E-state index contributed by atoms with van der Waals surface area (Å²) >= 11 is 0. The van der Waals surface area contributed by atoms with Crippen molar-refractivity contribution < 1.29 is 0 Å². The second-order valence-electron chi connectivity index (χ2n) is 5.29. The van der Waals surface area contributed by atoms with E-state index in [1.54, 1.807) is 0 Å². The van der Waals surface area contributed by atoms with Crippen molar-refractivity contribution in [1.82, 2.24) is 5.32 Å². The molecule has 20 heavy (non-hydrogen) atoms. The van der Waals surface area contributed by atoms with Crippen LogP contribution < -0.4 is 11.1 Å². The van der Waals surface area contributed by atoms with Crippen LogP contribution in [-0.2, 0) is 0 Å². The zero-order valence-corrected chi connectivity index (χ0v) is 14.0. The van der Waals surface area contributed by atoms with Crippen molar-refractivity contribution in [2.45, 2.75) is 39.7 Å². The molecule has 4 heteroatoms. The number of hydrogen-bond donors (Lipinski definition) is 2. The molecule has 4 atom stereocenters. The lowest BCUT2D eigenvalue weighted by Gasteiger charge is -2.22. The summed E-state index contributed by atoms with van der Waals surface area (Å²) in [5.41, 5.74) is 7.13. The molecule has 0 aromatic heterocycles. The van der Waals surface area contributed by atoms with E-state index in [4.69, 9.17) is 11.0 Å². The molecule has 0 radical (unpaired) electrons. The van der Waals surface area contributed by atoms with Crippen molar-refractivity contribution in [3.63, 3.8) is 0 Å². The fraction of sp³-hybridized carbons (Fsp3) is 0.562. The molecule has 0 aromatic rings. The van der Waals surface area contributed by atoms with E-state index in [1.807, 2.05) is 32.2 Å². The van der Waals surface area contributed by atoms with E-state index < -0.39 is 0 Å². The highest BCUT2D eigenvalue weighted by atomic mass is 31.0. The lowest BCUT2D eigenvalue weighted by Crippen LogP contribution is -2.26. The molecular formula is C16H28N3P. The van der Waals surface area contributed by atoms with Crippen LogP contribution in [0.15, 0.2) is 36.2 Å². The van der Waals surface area contributed by atoms with E-state index in [1.165, 1.54) is 0 Å². The van der Waals surface area contributed by atoms with Crippen molar-refractivity contribution in [1.29, 1.82) is 5.26 Å². The quantitative estimate of drug-likeness (QED) is 0.506. The Morgan fingerprint density at radius 3 is 2.65 bits per heavy atom. The SMILES string of the molecule is C=C(N)/C(C)=C/C=C\NC(C)CC(CCP)C(C)C#N. The van der Waals surface area contributed by atoms with Crippen LogP contribution in [0.4, 0.5) is 0 Å². The van der Waals surface area contributed by atoms with Crippen molar-refractivity contribution in [2.75, 3.05) is 6.16 Å². The lowest BCUT2D eigenvalue weighted by molar-refractivity contribution is 0.350. The number of nitrogens with two attached hydrogens (primary N) is 1. The summed E-state index contributed by atoms with van der Waals surface area (Å²) in [6.45, 7) is 9.76. The fourth-order valence-corrected chi connectivity index (χ4v) is 2.36. The van der Waals surface area contributed by atoms with Crippen LogP contribution >= 0.6 is 9.24 Å². The zero-order valence-electron chi connectivity index (χ0n) is 12.9. The van der Waals surface area contributed by atoms with Gasteiger partial charge in [0.05, 0.1) is 6.07 Å². The van der Waals surface area contributed by atoms with Gasteiger partial charge in [0.2, 0.25) is 0 Å². The van der Waals surface area contributed by atoms with Crippen LogP contribution in [0.5, 0.6) is 0 Å². The van der Waals surface area contributed by atoms with Gasteiger partial charge >= 0.3 is 0 Å². The van der Waals surface area contributed by atoms with Gasteiger partial charge in [0.1, 0.15) is 0 Å². The highest BCUT2D eigenvalue weighted by molar-refractivity contribution is 7.16. The van der Waals surface area contributed by atoms with Crippen LogP contribution in [0.1, 0.15) is 33.6 Å². The average molecular weight is 293 g/mol. The molecule has 0 bridgehead atoms. The van der Waals surface area contributed by atoms with Crippen LogP contribution in [0.2, 0.25) is 0 Å². The first-order valence-corrected chi connectivity index (χ1v) is 7.87. The second-order valence-corrected chi connectivity index (χ2v) is 5.87. The summed E-state index contributed by atoms with van der Waals surface area (Å²) in [6.07, 6.45) is 8.90. The minimum absolute atomic E-state index is 0.103. The summed E-state index contributed by atoms with van der Waals surface area (Å²) < 4.78 is 0. The molecule has 0 fully saturated rings. The van der Waals surface area contributed by atoms with Gasteiger partial charge in [-0.2, -0.15) is 5.26 Å². The number of hydrogen-bond acceptors (Lipinski definition) is 3. The maximum Gasteiger partial charge on any atom is 0.0655 e. The van der Waals surface area contributed by atoms with Crippen LogP contribution in [0, 0.1) is 23.2 Å². The third kappa shape index (κ3) is 8.02. The first-order valence-electron chi connectivity index (χ1n) is 7.06. The lowest BCUT2D eigenvalue weighted by atomic mass is 9.87. The van der Waals surface area contributed by atoms with Crippen molar-refractivity contribution in [3.8, 4) is 6.07 Å². The Morgan fingerprint density at radius 1 is 1.50 bits per heavy atom. The number of allylic oxidation sites excluding steroid dienone is 3. The molecule has 3 nitrogen and oxygen atoms in total. The number of rotatable bonds is 9. The maximum atomic E-state index is 9.05. The van der Waals surface area contributed by atoms with E-state index in [-0.39, 0.29) is 5.92 Å². The Kier molecular flexibility index (Phi) is 9.86. The highest BCUT2D eigenvalue weighted by Crippen LogP contribution is 2.22. The minimum atomic E-state index is 0.103. The van der Waals surface area contributed by atoms with Crippen LogP contribution in [-0.4, -0.2) is 12.2 Å². The molecule has 4 unspecified atom stereocenters. The zero-order chi connectivity index (χ0) is 15.5. The molecule has 0 saturated carbocycles. The molecule has 0 aliphatic rings. The molecule has 0 aliphatic carbocycles. The number of nitrogens with zero attached hydrogens (tertiary/aromatic N) is 1. The highest BCUT2D eigenvalue weighted by Gasteiger charge is 2.18. The Balaban J connectivity index is 4.30. The third-order valence-corrected chi connectivity index (χ3v) is 3.77. The molecule has 0 heterocycles. The summed E-state index contributed by atoms with van der Waals surface area (Å²) in [6, 6.07) is 2.71. The number of nitriles is 1. The van der Waals surface area contributed by atoms with E-state index in [2.05, 4.69) is 34.1 Å². The van der Waals surface area contributed by atoms with Gasteiger partial charge in [-0.15, -0.1) is 9.24 Å². The molecule has 112 valence electrons. The normalized spacial score (nSPS) is 16.4. The molecule has 0 aromatic carbocycles. The monoisotopic (exact) mass is 293 g/mol. The van der Waals surface area contributed by atoms with Gasteiger partial charge in [0.15, 0.2) is 0 Å². The van der Waals surface area contributed by atoms with Gasteiger partial charge in [-0.1, -0.05) is 12.7 Å². The van der Waals surface area contributed by atoms with Gasteiger partial charge in [-0.3, -0.25) is 0 Å².